The van der Waals surface area contributed by atoms with Crippen LogP contribution in [0.3, 0.4) is 0 Å². The second kappa shape index (κ2) is 8.17. The third-order valence-corrected chi connectivity index (χ3v) is 6.73. The number of piperazine rings is 1. The highest BCUT2D eigenvalue weighted by atomic mass is 16.5. The molecule has 154 valence electrons. The summed E-state index contributed by atoms with van der Waals surface area (Å²) in [6.07, 6.45) is 9.48. The van der Waals surface area contributed by atoms with Crippen LogP contribution in [0.25, 0.3) is 11.4 Å². The Balaban J connectivity index is 1.12. The van der Waals surface area contributed by atoms with Crippen LogP contribution in [0.5, 0.6) is 0 Å². The molecule has 29 heavy (non-hydrogen) atoms. The van der Waals surface area contributed by atoms with E-state index in [0.717, 1.165) is 69.2 Å². The molecule has 0 unspecified atom stereocenters. The van der Waals surface area contributed by atoms with Gasteiger partial charge in [0.1, 0.15) is 0 Å². The molecule has 1 aromatic heterocycles. The van der Waals surface area contributed by atoms with Gasteiger partial charge >= 0.3 is 0 Å². The quantitative estimate of drug-likeness (QED) is 0.734. The molecule has 6 nitrogen and oxygen atoms in total. The zero-order valence-electron chi connectivity index (χ0n) is 17.1. The Hall–Kier alpha value is -2.37. The molecule has 1 aliphatic heterocycles. The normalized spacial score (nSPS) is 20.4. The Bertz CT molecular complexity index is 829. The summed E-state index contributed by atoms with van der Waals surface area (Å²) in [5.41, 5.74) is 2.18. The largest absolute Gasteiger partial charge is 0.368 e. The lowest BCUT2D eigenvalue weighted by Crippen LogP contribution is -2.48. The van der Waals surface area contributed by atoms with E-state index >= 15 is 0 Å². The summed E-state index contributed by atoms with van der Waals surface area (Å²) >= 11 is 0. The number of aromatic nitrogens is 2. The Morgan fingerprint density at radius 2 is 1.72 bits per heavy atom. The first-order valence-electron chi connectivity index (χ1n) is 11.2. The molecular weight excluding hydrogens is 364 g/mol. The molecule has 2 aromatic rings. The fourth-order valence-corrected chi connectivity index (χ4v) is 4.67. The number of anilines is 1. The van der Waals surface area contributed by atoms with Gasteiger partial charge in [0.15, 0.2) is 0 Å². The van der Waals surface area contributed by atoms with Gasteiger partial charge in [0.2, 0.25) is 17.6 Å². The van der Waals surface area contributed by atoms with Crippen LogP contribution in [0.2, 0.25) is 0 Å². The molecule has 3 fully saturated rings. The van der Waals surface area contributed by atoms with Gasteiger partial charge in [-0.15, -0.1) is 0 Å². The minimum atomic E-state index is 0.343. The molecule has 2 saturated carbocycles. The summed E-state index contributed by atoms with van der Waals surface area (Å²) < 4.78 is 5.37. The van der Waals surface area contributed by atoms with Crippen LogP contribution in [0.4, 0.5) is 5.69 Å². The molecular formula is C23H30N4O2. The van der Waals surface area contributed by atoms with Crippen molar-refractivity contribution in [1.29, 1.82) is 0 Å². The van der Waals surface area contributed by atoms with Crippen LogP contribution in [-0.4, -0.2) is 47.1 Å². The van der Waals surface area contributed by atoms with Crippen LogP contribution in [0, 0.1) is 5.92 Å². The number of hydrogen-bond donors (Lipinski definition) is 0. The zero-order chi connectivity index (χ0) is 19.6. The maximum atomic E-state index is 12.5. The summed E-state index contributed by atoms with van der Waals surface area (Å²) in [5.74, 6) is 3.07. The molecule has 0 bridgehead atoms. The van der Waals surface area contributed by atoms with E-state index in [1.54, 1.807) is 0 Å². The number of amides is 1. The SMILES string of the molecule is O=C(CCC1CCCC1)N1CCN(c2ccc(-c3noc(C4CC4)n3)cc2)CC1. The van der Waals surface area contributed by atoms with Crippen molar-refractivity contribution >= 4 is 11.6 Å². The molecule has 5 rings (SSSR count). The van der Waals surface area contributed by atoms with E-state index in [0.29, 0.717) is 17.6 Å². The van der Waals surface area contributed by atoms with Gasteiger partial charge in [-0.3, -0.25) is 4.79 Å². The van der Waals surface area contributed by atoms with Crippen molar-refractivity contribution in [1.82, 2.24) is 15.0 Å². The minimum Gasteiger partial charge on any atom is -0.368 e. The van der Waals surface area contributed by atoms with Gasteiger partial charge in [-0.2, -0.15) is 4.98 Å². The second-order valence-corrected chi connectivity index (χ2v) is 8.83. The van der Waals surface area contributed by atoms with Crippen molar-refractivity contribution in [3.05, 3.63) is 30.2 Å². The lowest BCUT2D eigenvalue weighted by atomic mass is 10.0. The number of benzene rings is 1. The Labute approximate surface area is 172 Å². The molecule has 3 aliphatic rings. The number of nitrogens with zero attached hydrogens (tertiary/aromatic N) is 4. The van der Waals surface area contributed by atoms with E-state index in [2.05, 4.69) is 44.2 Å². The average molecular weight is 395 g/mol. The van der Waals surface area contributed by atoms with E-state index in [4.69, 9.17) is 4.52 Å². The summed E-state index contributed by atoms with van der Waals surface area (Å²) in [6.45, 7) is 3.42. The molecule has 0 N–H and O–H groups in total. The van der Waals surface area contributed by atoms with Gasteiger partial charge in [0, 0.05) is 49.8 Å². The predicted molar refractivity (Wildman–Crippen MR) is 112 cm³/mol. The molecule has 0 atom stereocenters. The molecule has 1 saturated heterocycles. The van der Waals surface area contributed by atoms with Crippen molar-refractivity contribution in [2.45, 2.75) is 57.3 Å². The van der Waals surface area contributed by atoms with E-state index in [9.17, 15) is 4.79 Å². The lowest BCUT2D eigenvalue weighted by molar-refractivity contribution is -0.131. The minimum absolute atomic E-state index is 0.343. The predicted octanol–water partition coefficient (Wildman–Crippen LogP) is 4.23. The van der Waals surface area contributed by atoms with E-state index in [1.165, 1.54) is 31.4 Å². The highest BCUT2D eigenvalue weighted by molar-refractivity contribution is 5.76. The first kappa shape index (κ1) is 18.6. The van der Waals surface area contributed by atoms with Crippen molar-refractivity contribution in [2.24, 2.45) is 5.92 Å². The van der Waals surface area contributed by atoms with Crippen LogP contribution < -0.4 is 4.90 Å². The third-order valence-electron chi connectivity index (χ3n) is 6.73. The first-order valence-corrected chi connectivity index (χ1v) is 11.2. The van der Waals surface area contributed by atoms with Crippen LogP contribution in [0.15, 0.2) is 28.8 Å². The Kier molecular flexibility index (Phi) is 5.25. The van der Waals surface area contributed by atoms with Gasteiger partial charge in [-0.25, -0.2) is 0 Å². The standard InChI is InChI=1S/C23H30N4O2/c28-21(12-5-17-3-1-2-4-17)27-15-13-26(14-16-27)20-10-8-18(9-11-20)22-24-23(29-25-22)19-6-7-19/h8-11,17,19H,1-7,12-16H2. The molecule has 6 heteroatoms. The fraction of sp³-hybridized carbons (Fsp3) is 0.609. The van der Waals surface area contributed by atoms with Crippen molar-refractivity contribution in [3.63, 3.8) is 0 Å². The van der Waals surface area contributed by atoms with Crippen molar-refractivity contribution in [2.75, 3.05) is 31.1 Å². The number of carbonyl (C=O) groups excluding carboxylic acids is 1. The van der Waals surface area contributed by atoms with Crippen LogP contribution in [0.1, 0.15) is 63.2 Å². The number of hydrogen-bond acceptors (Lipinski definition) is 5. The lowest BCUT2D eigenvalue weighted by Gasteiger charge is -2.36. The van der Waals surface area contributed by atoms with E-state index in [1.807, 2.05) is 0 Å². The third kappa shape index (κ3) is 4.31. The van der Waals surface area contributed by atoms with Crippen molar-refractivity contribution in [3.8, 4) is 11.4 Å². The number of carbonyl (C=O) groups is 1. The molecule has 0 radical (unpaired) electrons. The second-order valence-electron chi connectivity index (χ2n) is 8.83. The topological polar surface area (TPSA) is 62.5 Å². The molecule has 1 aromatic carbocycles. The summed E-state index contributed by atoms with van der Waals surface area (Å²) in [5, 5.41) is 4.12. The van der Waals surface area contributed by atoms with Crippen LogP contribution >= 0.6 is 0 Å². The smallest absolute Gasteiger partial charge is 0.230 e. The Morgan fingerprint density at radius 1 is 1.00 bits per heavy atom. The molecule has 2 aliphatic carbocycles. The summed E-state index contributed by atoms with van der Waals surface area (Å²) in [4.78, 5) is 21.5. The van der Waals surface area contributed by atoms with Gasteiger partial charge in [-0.1, -0.05) is 30.8 Å². The maximum absolute atomic E-state index is 12.5. The van der Waals surface area contributed by atoms with Crippen LogP contribution in [-0.2, 0) is 4.79 Å². The van der Waals surface area contributed by atoms with E-state index < -0.39 is 0 Å². The number of rotatable bonds is 6. The monoisotopic (exact) mass is 394 g/mol. The summed E-state index contributed by atoms with van der Waals surface area (Å²) in [6, 6.07) is 8.38. The molecule has 1 amide bonds. The summed E-state index contributed by atoms with van der Waals surface area (Å²) in [7, 11) is 0. The zero-order valence-corrected chi connectivity index (χ0v) is 17.1. The fourth-order valence-electron chi connectivity index (χ4n) is 4.67. The van der Waals surface area contributed by atoms with Crippen molar-refractivity contribution < 1.29 is 9.32 Å². The Morgan fingerprint density at radius 3 is 2.41 bits per heavy atom. The first-order chi connectivity index (χ1) is 14.3. The van der Waals surface area contributed by atoms with Gasteiger partial charge < -0.3 is 14.3 Å². The molecule has 2 heterocycles. The maximum Gasteiger partial charge on any atom is 0.230 e. The van der Waals surface area contributed by atoms with Gasteiger partial charge in [0.25, 0.3) is 0 Å². The van der Waals surface area contributed by atoms with E-state index in [-0.39, 0.29) is 0 Å². The van der Waals surface area contributed by atoms with Gasteiger partial charge in [0.05, 0.1) is 0 Å². The average Bonchev–Trinajstić information content (AvgIpc) is 3.27. The highest BCUT2D eigenvalue weighted by Crippen LogP contribution is 2.39. The molecule has 0 spiro atoms. The van der Waals surface area contributed by atoms with Gasteiger partial charge in [-0.05, 0) is 49.4 Å². The highest BCUT2D eigenvalue weighted by Gasteiger charge is 2.30.